The number of anilines is 2. The van der Waals surface area contributed by atoms with E-state index < -0.39 is 10.0 Å². The lowest BCUT2D eigenvalue weighted by molar-refractivity contribution is 0.598. The van der Waals surface area contributed by atoms with E-state index in [-0.39, 0.29) is 16.5 Å². The van der Waals surface area contributed by atoms with Gasteiger partial charge in [0.2, 0.25) is 0 Å². The molecule has 18 heavy (non-hydrogen) atoms. The van der Waals surface area contributed by atoms with E-state index >= 15 is 0 Å². The summed E-state index contributed by atoms with van der Waals surface area (Å²) in [4.78, 5) is 10.5. The minimum atomic E-state index is -3.74. The van der Waals surface area contributed by atoms with Crippen molar-refractivity contribution in [3.05, 3.63) is 30.4 Å². The zero-order valence-electron chi connectivity index (χ0n) is 9.71. The summed E-state index contributed by atoms with van der Waals surface area (Å²) in [7, 11) is -3.74. The van der Waals surface area contributed by atoms with Gasteiger partial charge in [0, 0.05) is 12.6 Å². The Morgan fingerprint density at radius 1 is 1.44 bits per heavy atom. The van der Waals surface area contributed by atoms with Crippen molar-refractivity contribution in [2.45, 2.75) is 18.4 Å². The summed E-state index contributed by atoms with van der Waals surface area (Å²) >= 11 is 0. The van der Waals surface area contributed by atoms with Gasteiger partial charge in [0.15, 0.2) is 10.8 Å². The zero-order chi connectivity index (χ0) is 13.2. The third-order valence-electron chi connectivity index (χ3n) is 2.30. The molecule has 0 aliphatic heterocycles. The Bertz CT molecular complexity index is 650. The van der Waals surface area contributed by atoms with Crippen molar-refractivity contribution in [1.82, 2.24) is 15.0 Å². The van der Waals surface area contributed by atoms with Crippen LogP contribution in [-0.2, 0) is 16.4 Å². The van der Waals surface area contributed by atoms with Crippen molar-refractivity contribution in [1.29, 1.82) is 0 Å². The molecule has 2 heterocycles. The first-order valence-electron chi connectivity index (χ1n) is 5.30. The van der Waals surface area contributed by atoms with Gasteiger partial charge in [0.1, 0.15) is 5.82 Å². The van der Waals surface area contributed by atoms with E-state index in [1.807, 2.05) is 6.92 Å². The van der Waals surface area contributed by atoms with Crippen LogP contribution in [0, 0.1) is 0 Å². The molecule has 0 amide bonds. The monoisotopic (exact) mass is 267 g/mol. The van der Waals surface area contributed by atoms with Crippen LogP contribution in [-0.4, -0.2) is 23.4 Å². The molecule has 2 aromatic heterocycles. The standard InChI is InChI=1S/C10H13N5O2S/c1-2-8-13-6-9(14-8)18(16,17)15-10-7(11)4-3-5-12-10/h3-6H,2,11H2,1H3,(H,12,15)(H,13,14). The predicted molar refractivity (Wildman–Crippen MR) is 67.4 cm³/mol. The summed E-state index contributed by atoms with van der Waals surface area (Å²) < 4.78 is 26.3. The summed E-state index contributed by atoms with van der Waals surface area (Å²) in [5.41, 5.74) is 5.88. The predicted octanol–water partition coefficient (Wildman–Crippen LogP) is 0.750. The molecule has 96 valence electrons. The highest BCUT2D eigenvalue weighted by atomic mass is 32.2. The minimum absolute atomic E-state index is 0.00981. The third kappa shape index (κ3) is 2.43. The maximum Gasteiger partial charge on any atom is 0.280 e. The van der Waals surface area contributed by atoms with Gasteiger partial charge in [0.25, 0.3) is 10.0 Å². The van der Waals surface area contributed by atoms with Gasteiger partial charge in [-0.15, -0.1) is 0 Å². The Kier molecular flexibility index (Phi) is 3.19. The number of pyridine rings is 1. The molecule has 0 unspecified atom stereocenters. The van der Waals surface area contributed by atoms with Crippen LogP contribution in [0.1, 0.15) is 12.7 Å². The zero-order valence-corrected chi connectivity index (χ0v) is 10.5. The molecular weight excluding hydrogens is 254 g/mol. The van der Waals surface area contributed by atoms with Crippen LogP contribution in [0.25, 0.3) is 0 Å². The van der Waals surface area contributed by atoms with Gasteiger partial charge in [0.05, 0.1) is 11.9 Å². The lowest BCUT2D eigenvalue weighted by Gasteiger charge is -2.06. The number of H-pyrrole nitrogens is 1. The number of nitrogens with two attached hydrogens (primary N) is 1. The van der Waals surface area contributed by atoms with Crippen LogP contribution < -0.4 is 10.5 Å². The number of hydrogen-bond acceptors (Lipinski definition) is 5. The maximum absolute atomic E-state index is 12.0. The first-order valence-corrected chi connectivity index (χ1v) is 6.78. The number of aryl methyl sites for hydroxylation is 1. The summed E-state index contributed by atoms with van der Waals surface area (Å²) in [5, 5.41) is -0.00981. The van der Waals surface area contributed by atoms with Gasteiger partial charge in [-0.1, -0.05) is 6.92 Å². The van der Waals surface area contributed by atoms with Crippen LogP contribution in [0.4, 0.5) is 11.5 Å². The first-order chi connectivity index (χ1) is 8.53. The molecule has 2 aromatic rings. The summed E-state index contributed by atoms with van der Waals surface area (Å²) in [5.74, 6) is 0.703. The van der Waals surface area contributed by atoms with Gasteiger partial charge >= 0.3 is 0 Å². The van der Waals surface area contributed by atoms with E-state index in [1.54, 1.807) is 12.1 Å². The molecule has 0 spiro atoms. The Morgan fingerprint density at radius 3 is 2.83 bits per heavy atom. The Hall–Kier alpha value is -2.09. The second-order valence-corrected chi connectivity index (χ2v) is 5.25. The average molecular weight is 267 g/mol. The number of aromatic nitrogens is 3. The Balaban J connectivity index is 2.30. The number of nitrogen functional groups attached to an aromatic ring is 1. The third-order valence-corrected chi connectivity index (χ3v) is 3.55. The summed E-state index contributed by atoms with van der Waals surface area (Å²) in [6.45, 7) is 1.87. The molecule has 0 atom stereocenters. The maximum atomic E-state index is 12.0. The van der Waals surface area contributed by atoms with Gasteiger partial charge in [-0.05, 0) is 12.1 Å². The quantitative estimate of drug-likeness (QED) is 0.756. The number of rotatable bonds is 4. The molecule has 0 aliphatic carbocycles. The molecule has 0 saturated carbocycles. The van der Waals surface area contributed by atoms with Crippen LogP contribution in [0.5, 0.6) is 0 Å². The first kappa shape index (κ1) is 12.4. The molecule has 0 fully saturated rings. The molecule has 4 N–H and O–H groups in total. The summed E-state index contributed by atoms with van der Waals surface area (Å²) in [6.07, 6.45) is 3.35. The number of sulfonamides is 1. The highest BCUT2D eigenvalue weighted by Gasteiger charge is 2.18. The SMILES string of the molecule is CCc1ncc(S(=O)(=O)Nc2ncccc2N)[nH]1. The number of nitrogens with one attached hydrogen (secondary N) is 2. The molecule has 0 radical (unpaired) electrons. The van der Waals surface area contributed by atoms with Crippen molar-refractivity contribution in [3.8, 4) is 0 Å². The molecule has 0 bridgehead atoms. The van der Waals surface area contributed by atoms with Crippen molar-refractivity contribution in [3.63, 3.8) is 0 Å². The number of aromatic amines is 1. The highest BCUT2D eigenvalue weighted by molar-refractivity contribution is 7.92. The summed E-state index contributed by atoms with van der Waals surface area (Å²) in [6, 6.07) is 3.19. The molecular formula is C10H13N5O2S. The fourth-order valence-corrected chi connectivity index (χ4v) is 2.32. The van der Waals surface area contributed by atoms with Crippen molar-refractivity contribution < 1.29 is 8.42 Å². The van der Waals surface area contributed by atoms with E-state index in [0.29, 0.717) is 12.2 Å². The average Bonchev–Trinajstić information content (AvgIpc) is 2.81. The van der Waals surface area contributed by atoms with Crippen molar-refractivity contribution in [2.75, 3.05) is 10.5 Å². The van der Waals surface area contributed by atoms with Crippen molar-refractivity contribution in [2.24, 2.45) is 0 Å². The molecule has 7 nitrogen and oxygen atoms in total. The van der Waals surface area contributed by atoms with Crippen LogP contribution >= 0.6 is 0 Å². The smallest absolute Gasteiger partial charge is 0.280 e. The normalized spacial score (nSPS) is 11.4. The van der Waals surface area contributed by atoms with E-state index in [1.165, 1.54) is 12.4 Å². The van der Waals surface area contributed by atoms with E-state index in [9.17, 15) is 8.42 Å². The molecule has 0 saturated heterocycles. The van der Waals surface area contributed by atoms with Crippen LogP contribution in [0.15, 0.2) is 29.6 Å². The van der Waals surface area contributed by atoms with E-state index in [4.69, 9.17) is 5.73 Å². The second kappa shape index (κ2) is 4.65. The fraction of sp³-hybridized carbons (Fsp3) is 0.200. The van der Waals surface area contributed by atoms with Gasteiger partial charge in [-0.25, -0.2) is 9.97 Å². The largest absolute Gasteiger partial charge is 0.396 e. The number of imidazole rings is 1. The molecule has 8 heteroatoms. The van der Waals surface area contributed by atoms with Crippen molar-refractivity contribution >= 4 is 21.5 Å². The van der Waals surface area contributed by atoms with Gasteiger partial charge in [-0.2, -0.15) is 8.42 Å². The van der Waals surface area contributed by atoms with Gasteiger partial charge in [-0.3, -0.25) is 4.72 Å². The highest BCUT2D eigenvalue weighted by Crippen LogP contribution is 2.17. The lowest BCUT2D eigenvalue weighted by Crippen LogP contribution is -2.15. The molecule has 2 rings (SSSR count). The van der Waals surface area contributed by atoms with Gasteiger partial charge < -0.3 is 10.7 Å². The Labute approximate surface area is 105 Å². The minimum Gasteiger partial charge on any atom is -0.396 e. The molecule has 0 aliphatic rings. The van der Waals surface area contributed by atoms with Crippen LogP contribution in [0.3, 0.4) is 0 Å². The number of nitrogens with zero attached hydrogens (tertiary/aromatic N) is 2. The molecule has 0 aromatic carbocycles. The topological polar surface area (TPSA) is 114 Å². The number of hydrogen-bond donors (Lipinski definition) is 3. The van der Waals surface area contributed by atoms with Crippen LogP contribution in [0.2, 0.25) is 0 Å². The Morgan fingerprint density at radius 2 is 2.22 bits per heavy atom. The second-order valence-electron chi connectivity index (χ2n) is 3.59. The fourth-order valence-electron chi connectivity index (χ4n) is 1.34. The van der Waals surface area contributed by atoms with E-state index in [2.05, 4.69) is 19.7 Å². The lowest BCUT2D eigenvalue weighted by atomic mass is 10.4. The van der Waals surface area contributed by atoms with E-state index in [0.717, 1.165) is 0 Å².